The number of methoxy groups -OCH3 is 1. The summed E-state index contributed by atoms with van der Waals surface area (Å²) >= 11 is 1.57. The van der Waals surface area contributed by atoms with Gasteiger partial charge >= 0.3 is 0 Å². The largest absolute Gasteiger partial charge is 0.497 e. The molecule has 3 rings (SSSR count). The summed E-state index contributed by atoms with van der Waals surface area (Å²) in [6.07, 6.45) is 2.71. The van der Waals surface area contributed by atoms with Crippen molar-refractivity contribution in [3.05, 3.63) is 45.9 Å². The average molecular weight is 402 g/mol. The molecule has 0 radical (unpaired) electrons. The maximum Gasteiger partial charge on any atom is 0.228 e. The molecule has 1 atom stereocenters. The number of benzene rings is 1. The number of carbonyl (C=O) groups excluding carboxylic acids is 2. The van der Waals surface area contributed by atoms with Crippen molar-refractivity contribution >= 4 is 23.2 Å². The first-order chi connectivity index (χ1) is 13.5. The zero-order valence-corrected chi connectivity index (χ0v) is 17.3. The number of carbonyl (C=O) groups is 2. The second-order valence-electron chi connectivity index (χ2n) is 7.21. The lowest BCUT2D eigenvalue weighted by Gasteiger charge is -2.32. The van der Waals surface area contributed by atoms with E-state index in [1.807, 2.05) is 41.5 Å². The summed E-state index contributed by atoms with van der Waals surface area (Å²) in [7, 11) is 1.62. The summed E-state index contributed by atoms with van der Waals surface area (Å²) < 4.78 is 5.13. The van der Waals surface area contributed by atoms with Gasteiger partial charge in [0, 0.05) is 25.0 Å². The number of aromatic nitrogens is 1. The van der Waals surface area contributed by atoms with Gasteiger partial charge in [0.2, 0.25) is 11.8 Å². The maximum absolute atomic E-state index is 12.5. The molecule has 1 aromatic carbocycles. The van der Waals surface area contributed by atoms with Crippen LogP contribution in [0.2, 0.25) is 0 Å². The van der Waals surface area contributed by atoms with E-state index in [0.29, 0.717) is 31.8 Å². The molecule has 150 valence electrons. The zero-order chi connectivity index (χ0) is 19.9. The zero-order valence-electron chi connectivity index (χ0n) is 16.4. The smallest absolute Gasteiger partial charge is 0.228 e. The van der Waals surface area contributed by atoms with Crippen LogP contribution in [0.4, 0.5) is 0 Å². The highest BCUT2D eigenvalue weighted by molar-refractivity contribution is 7.09. The first kappa shape index (κ1) is 20.3. The molecule has 1 saturated heterocycles. The number of ether oxygens (including phenoxy) is 1. The first-order valence-electron chi connectivity index (χ1n) is 9.62. The van der Waals surface area contributed by atoms with Gasteiger partial charge in [-0.2, -0.15) is 0 Å². The van der Waals surface area contributed by atoms with Crippen LogP contribution in [0.25, 0.3) is 0 Å². The van der Waals surface area contributed by atoms with Gasteiger partial charge in [0.1, 0.15) is 5.75 Å². The number of nitrogens with zero attached hydrogens (tertiary/aromatic N) is 2. The van der Waals surface area contributed by atoms with E-state index in [1.54, 1.807) is 18.4 Å². The predicted molar refractivity (Wildman–Crippen MR) is 110 cm³/mol. The molecular formula is C21H27N3O3S. The third-order valence-electron chi connectivity index (χ3n) is 4.98. The van der Waals surface area contributed by atoms with Crippen LogP contribution in [0.5, 0.6) is 5.75 Å². The Hall–Kier alpha value is -2.41. The number of hydrogen-bond donors (Lipinski definition) is 1. The van der Waals surface area contributed by atoms with Crippen LogP contribution in [-0.4, -0.2) is 48.4 Å². The maximum atomic E-state index is 12.5. The van der Waals surface area contributed by atoms with E-state index in [0.717, 1.165) is 41.4 Å². The van der Waals surface area contributed by atoms with Crippen molar-refractivity contribution in [2.75, 3.05) is 26.7 Å². The number of nitrogens with one attached hydrogen (secondary N) is 1. The molecule has 0 aliphatic carbocycles. The van der Waals surface area contributed by atoms with E-state index in [1.165, 1.54) is 0 Å². The van der Waals surface area contributed by atoms with Crippen LogP contribution in [0.1, 0.15) is 29.1 Å². The Morgan fingerprint density at radius 1 is 1.29 bits per heavy atom. The topological polar surface area (TPSA) is 71.5 Å². The highest BCUT2D eigenvalue weighted by Gasteiger charge is 2.24. The SMILES string of the molecule is COc1ccc(CC(=O)NCC2CCCN(C(=O)Cc3csc(C)n3)C2)cc1. The Bertz CT molecular complexity index is 803. The monoisotopic (exact) mass is 401 g/mol. The minimum atomic E-state index is 0.00608. The second-order valence-corrected chi connectivity index (χ2v) is 8.27. The van der Waals surface area contributed by atoms with Gasteiger partial charge < -0.3 is 15.0 Å². The molecule has 7 heteroatoms. The molecule has 28 heavy (non-hydrogen) atoms. The fourth-order valence-electron chi connectivity index (χ4n) is 3.46. The number of rotatable bonds is 7. The lowest BCUT2D eigenvalue weighted by Crippen LogP contribution is -2.44. The quantitative estimate of drug-likeness (QED) is 0.774. The highest BCUT2D eigenvalue weighted by Crippen LogP contribution is 2.18. The van der Waals surface area contributed by atoms with Gasteiger partial charge in [-0.3, -0.25) is 9.59 Å². The molecule has 6 nitrogen and oxygen atoms in total. The molecule has 2 aromatic rings. The van der Waals surface area contributed by atoms with E-state index in [-0.39, 0.29) is 11.8 Å². The molecule has 2 amide bonds. The second kappa shape index (κ2) is 9.68. The number of piperidine rings is 1. The first-order valence-corrected chi connectivity index (χ1v) is 10.5. The van der Waals surface area contributed by atoms with Crippen molar-refractivity contribution in [2.45, 2.75) is 32.6 Å². The van der Waals surface area contributed by atoms with E-state index in [9.17, 15) is 9.59 Å². The van der Waals surface area contributed by atoms with E-state index in [4.69, 9.17) is 4.74 Å². The van der Waals surface area contributed by atoms with Crippen LogP contribution in [0, 0.1) is 12.8 Å². The predicted octanol–water partition coefficient (Wildman–Crippen LogP) is 2.60. The molecule has 0 saturated carbocycles. The molecule has 1 aliphatic heterocycles. The van der Waals surface area contributed by atoms with Crippen LogP contribution >= 0.6 is 11.3 Å². The molecule has 1 fully saturated rings. The summed E-state index contributed by atoms with van der Waals surface area (Å²) in [6, 6.07) is 7.52. The molecule has 1 N–H and O–H groups in total. The van der Waals surface area contributed by atoms with E-state index >= 15 is 0 Å². The normalized spacial score (nSPS) is 16.6. The standard InChI is InChI=1S/C21H27N3O3S/c1-15-23-18(14-28-15)11-21(26)24-9-3-4-17(13-24)12-22-20(25)10-16-5-7-19(27-2)8-6-16/h5-8,14,17H,3-4,9-13H2,1-2H3,(H,22,25). The molecule has 1 unspecified atom stereocenters. The molecule has 1 aliphatic rings. The van der Waals surface area contributed by atoms with Crippen molar-refractivity contribution in [1.29, 1.82) is 0 Å². The fourth-order valence-corrected chi connectivity index (χ4v) is 4.08. The van der Waals surface area contributed by atoms with Gasteiger partial charge in [-0.05, 0) is 43.4 Å². The Morgan fingerprint density at radius 3 is 2.75 bits per heavy atom. The van der Waals surface area contributed by atoms with Gasteiger partial charge in [0.25, 0.3) is 0 Å². The summed E-state index contributed by atoms with van der Waals surface area (Å²) in [5.74, 6) is 1.21. The molecule has 2 heterocycles. The Labute approximate surface area is 169 Å². The van der Waals surface area contributed by atoms with Crippen LogP contribution in [0.3, 0.4) is 0 Å². The van der Waals surface area contributed by atoms with E-state index < -0.39 is 0 Å². The Kier molecular flexibility index (Phi) is 7.03. The van der Waals surface area contributed by atoms with Gasteiger partial charge in [0.15, 0.2) is 0 Å². The minimum Gasteiger partial charge on any atom is -0.497 e. The van der Waals surface area contributed by atoms with Gasteiger partial charge in [0.05, 0.1) is 30.7 Å². The fraction of sp³-hybridized carbons (Fsp3) is 0.476. The van der Waals surface area contributed by atoms with Crippen molar-refractivity contribution in [3.63, 3.8) is 0 Å². The van der Waals surface area contributed by atoms with Crippen LogP contribution < -0.4 is 10.1 Å². The molecule has 1 aromatic heterocycles. The molecule has 0 bridgehead atoms. The van der Waals surface area contributed by atoms with Crippen molar-refractivity contribution in [3.8, 4) is 5.75 Å². The minimum absolute atomic E-state index is 0.00608. The van der Waals surface area contributed by atoms with Crippen molar-refractivity contribution in [2.24, 2.45) is 5.92 Å². The van der Waals surface area contributed by atoms with E-state index in [2.05, 4.69) is 10.3 Å². The summed E-state index contributed by atoms with van der Waals surface area (Å²) in [5, 5.41) is 5.96. The third kappa shape index (κ3) is 5.79. The third-order valence-corrected chi connectivity index (χ3v) is 5.80. The highest BCUT2D eigenvalue weighted by atomic mass is 32.1. The molecular weight excluding hydrogens is 374 g/mol. The summed E-state index contributed by atoms with van der Waals surface area (Å²) in [5.41, 5.74) is 1.81. The number of aryl methyl sites for hydroxylation is 1. The number of amides is 2. The Morgan fingerprint density at radius 2 is 2.07 bits per heavy atom. The van der Waals surface area contributed by atoms with Gasteiger partial charge in [-0.1, -0.05) is 12.1 Å². The molecule has 0 spiro atoms. The van der Waals surface area contributed by atoms with Gasteiger partial charge in [-0.25, -0.2) is 4.98 Å². The van der Waals surface area contributed by atoms with Crippen molar-refractivity contribution < 1.29 is 14.3 Å². The van der Waals surface area contributed by atoms with Crippen molar-refractivity contribution in [1.82, 2.24) is 15.2 Å². The number of likely N-dealkylation sites (tertiary alicyclic amines) is 1. The average Bonchev–Trinajstić information content (AvgIpc) is 3.12. The Balaban J connectivity index is 1.43. The number of hydrogen-bond acceptors (Lipinski definition) is 5. The summed E-state index contributed by atoms with van der Waals surface area (Å²) in [4.78, 5) is 31.1. The lowest BCUT2D eigenvalue weighted by atomic mass is 9.97. The van der Waals surface area contributed by atoms with Crippen LogP contribution in [0.15, 0.2) is 29.6 Å². The van der Waals surface area contributed by atoms with Gasteiger partial charge in [-0.15, -0.1) is 11.3 Å². The summed E-state index contributed by atoms with van der Waals surface area (Å²) in [6.45, 7) is 4.04. The lowest BCUT2D eigenvalue weighted by molar-refractivity contribution is -0.132. The number of thiazole rings is 1. The van der Waals surface area contributed by atoms with Crippen LogP contribution in [-0.2, 0) is 22.4 Å².